The lowest BCUT2D eigenvalue weighted by Gasteiger charge is -2.21. The van der Waals surface area contributed by atoms with Gasteiger partial charge in [0, 0.05) is 10.9 Å². The van der Waals surface area contributed by atoms with Gasteiger partial charge in [-0.05, 0) is 89.9 Å². The van der Waals surface area contributed by atoms with Crippen molar-refractivity contribution in [3.8, 4) is 0 Å². The lowest BCUT2D eigenvalue weighted by molar-refractivity contribution is 0.374. The molecule has 3 heteroatoms. The van der Waals surface area contributed by atoms with Gasteiger partial charge in [0.2, 0.25) is 0 Å². The van der Waals surface area contributed by atoms with Crippen molar-refractivity contribution in [1.82, 2.24) is 5.32 Å². The van der Waals surface area contributed by atoms with Crippen molar-refractivity contribution < 1.29 is 0 Å². The largest absolute Gasteiger partial charge is 0.310 e. The zero-order valence-electron chi connectivity index (χ0n) is 11.7. The van der Waals surface area contributed by atoms with E-state index in [9.17, 15) is 0 Å². The summed E-state index contributed by atoms with van der Waals surface area (Å²) in [5, 5.41) is 3.80. The summed E-state index contributed by atoms with van der Waals surface area (Å²) in [4.78, 5) is 1.50. The Balaban J connectivity index is 1.62. The van der Waals surface area contributed by atoms with Crippen LogP contribution in [0.1, 0.15) is 42.7 Å². The van der Waals surface area contributed by atoms with E-state index in [1.165, 1.54) is 21.5 Å². The van der Waals surface area contributed by atoms with Crippen molar-refractivity contribution in [3.63, 3.8) is 0 Å². The first kappa shape index (κ1) is 12.8. The lowest BCUT2D eigenvalue weighted by Crippen LogP contribution is -2.25. The molecule has 104 valence electrons. The van der Waals surface area contributed by atoms with E-state index < -0.39 is 0 Å². The molecule has 3 fully saturated rings. The number of rotatable bonds is 4. The van der Waals surface area contributed by atoms with Crippen molar-refractivity contribution >= 4 is 27.3 Å². The van der Waals surface area contributed by atoms with E-state index in [0.29, 0.717) is 6.04 Å². The minimum atomic E-state index is 0.617. The number of aryl methyl sites for hydroxylation is 1. The smallest absolute Gasteiger partial charge is 0.0704 e. The fraction of sp³-hybridized carbons (Fsp3) is 0.750. The molecule has 1 nitrogen and oxygen atoms in total. The van der Waals surface area contributed by atoms with Gasteiger partial charge in [-0.1, -0.05) is 6.92 Å². The third-order valence-electron chi connectivity index (χ3n) is 5.86. The van der Waals surface area contributed by atoms with Crippen molar-refractivity contribution in [3.05, 3.63) is 20.3 Å². The van der Waals surface area contributed by atoms with E-state index in [2.05, 4.69) is 41.2 Å². The van der Waals surface area contributed by atoms with E-state index in [0.717, 1.165) is 36.1 Å². The molecule has 1 aromatic rings. The zero-order chi connectivity index (χ0) is 13.1. The molecule has 0 saturated heterocycles. The second-order valence-corrected chi connectivity index (χ2v) is 9.30. The van der Waals surface area contributed by atoms with Crippen molar-refractivity contribution in [1.29, 1.82) is 0 Å². The molecule has 19 heavy (non-hydrogen) atoms. The van der Waals surface area contributed by atoms with Gasteiger partial charge in [0.1, 0.15) is 0 Å². The van der Waals surface area contributed by atoms with Crippen LogP contribution in [0.15, 0.2) is 9.85 Å². The molecule has 3 saturated carbocycles. The normalized spacial score (nSPS) is 40.5. The highest BCUT2D eigenvalue weighted by Gasteiger charge is 2.66. The van der Waals surface area contributed by atoms with Crippen LogP contribution in [0.2, 0.25) is 0 Å². The first-order chi connectivity index (χ1) is 9.20. The molecule has 1 heterocycles. The average Bonchev–Trinajstić information content (AvgIpc) is 2.70. The minimum Gasteiger partial charge on any atom is -0.310 e. The summed E-state index contributed by atoms with van der Waals surface area (Å²) < 4.78 is 1.29. The first-order valence-electron chi connectivity index (χ1n) is 7.70. The number of nitrogens with one attached hydrogen (secondary N) is 1. The molecule has 2 bridgehead atoms. The molecule has 1 N–H and O–H groups in total. The summed E-state index contributed by atoms with van der Waals surface area (Å²) in [7, 11) is 0. The number of hydrogen-bond donors (Lipinski definition) is 1. The molecule has 0 amide bonds. The molecule has 0 aromatic carbocycles. The Morgan fingerprint density at radius 1 is 1.37 bits per heavy atom. The molecule has 0 aliphatic heterocycles. The average molecular weight is 340 g/mol. The van der Waals surface area contributed by atoms with Crippen LogP contribution in [0.4, 0.5) is 0 Å². The SMILES string of the molecule is CCNC(c1cc(Br)sc1C)C1C2C3CCC(C3)C21. The topological polar surface area (TPSA) is 12.0 Å². The summed E-state index contributed by atoms with van der Waals surface area (Å²) in [5.41, 5.74) is 1.57. The number of hydrogen-bond acceptors (Lipinski definition) is 2. The van der Waals surface area contributed by atoms with Crippen LogP contribution < -0.4 is 5.32 Å². The van der Waals surface area contributed by atoms with Gasteiger partial charge >= 0.3 is 0 Å². The zero-order valence-corrected chi connectivity index (χ0v) is 14.1. The van der Waals surface area contributed by atoms with E-state index in [-0.39, 0.29) is 0 Å². The van der Waals surface area contributed by atoms with Gasteiger partial charge in [-0.25, -0.2) is 0 Å². The van der Waals surface area contributed by atoms with Gasteiger partial charge in [0.05, 0.1) is 3.79 Å². The predicted octanol–water partition coefficient (Wildman–Crippen LogP) is 4.76. The van der Waals surface area contributed by atoms with Crippen molar-refractivity contribution in [2.45, 2.75) is 39.2 Å². The second kappa shape index (κ2) is 4.57. The molecular weight excluding hydrogens is 318 g/mol. The Kier molecular flexibility index (Phi) is 3.09. The molecule has 3 aliphatic rings. The number of halogens is 1. The lowest BCUT2D eigenvalue weighted by atomic mass is 9.93. The highest BCUT2D eigenvalue weighted by atomic mass is 79.9. The van der Waals surface area contributed by atoms with Crippen LogP contribution in [0.25, 0.3) is 0 Å². The van der Waals surface area contributed by atoms with E-state index in [4.69, 9.17) is 0 Å². The summed E-state index contributed by atoms with van der Waals surface area (Å²) >= 11 is 5.55. The van der Waals surface area contributed by atoms with Crippen LogP contribution >= 0.6 is 27.3 Å². The van der Waals surface area contributed by atoms with Crippen molar-refractivity contribution in [2.75, 3.05) is 6.54 Å². The molecular formula is C16H22BrNS. The second-order valence-electron chi connectivity index (χ2n) is 6.66. The van der Waals surface area contributed by atoms with Gasteiger partial charge in [0.25, 0.3) is 0 Å². The van der Waals surface area contributed by atoms with Crippen molar-refractivity contribution in [2.24, 2.45) is 29.6 Å². The third-order valence-corrected chi connectivity index (χ3v) is 7.43. The summed E-state index contributed by atoms with van der Waals surface area (Å²) in [6, 6.07) is 2.98. The third kappa shape index (κ3) is 1.88. The van der Waals surface area contributed by atoms with E-state index in [1.54, 1.807) is 12.0 Å². The van der Waals surface area contributed by atoms with Crippen LogP contribution in [0.5, 0.6) is 0 Å². The maximum absolute atomic E-state index is 3.80. The Labute approximate surface area is 128 Å². The van der Waals surface area contributed by atoms with Crippen LogP contribution in [-0.2, 0) is 0 Å². The number of fused-ring (bicyclic) bond motifs is 5. The van der Waals surface area contributed by atoms with Gasteiger partial charge in [0.15, 0.2) is 0 Å². The molecule has 3 aliphatic carbocycles. The first-order valence-corrected chi connectivity index (χ1v) is 9.31. The molecule has 4 rings (SSSR count). The number of thiophene rings is 1. The molecule has 0 radical (unpaired) electrons. The van der Waals surface area contributed by atoms with Gasteiger partial charge < -0.3 is 5.32 Å². The minimum absolute atomic E-state index is 0.617. The summed E-state index contributed by atoms with van der Waals surface area (Å²) in [6.07, 6.45) is 4.60. The predicted molar refractivity (Wildman–Crippen MR) is 84.5 cm³/mol. The fourth-order valence-electron chi connectivity index (χ4n) is 5.28. The molecule has 0 spiro atoms. The Morgan fingerprint density at radius 2 is 2.05 bits per heavy atom. The van der Waals surface area contributed by atoms with E-state index >= 15 is 0 Å². The summed E-state index contributed by atoms with van der Waals surface area (Å²) in [5.74, 6) is 5.19. The van der Waals surface area contributed by atoms with E-state index in [1.807, 2.05) is 11.3 Å². The molecule has 5 unspecified atom stereocenters. The fourth-order valence-corrected chi connectivity index (χ4v) is 7.04. The highest BCUT2D eigenvalue weighted by Crippen LogP contribution is 2.72. The standard InChI is InChI=1S/C16H22BrNS/c1-3-18-16(11-7-12(17)19-8(11)2)15-13-9-4-5-10(6-9)14(13)15/h7,9-10,13-16,18H,3-6H2,1-2H3. The van der Waals surface area contributed by atoms with Gasteiger partial charge in [-0.15, -0.1) is 11.3 Å². The molecule has 1 aromatic heterocycles. The summed E-state index contributed by atoms with van der Waals surface area (Å²) in [6.45, 7) is 5.61. The maximum Gasteiger partial charge on any atom is 0.0704 e. The van der Waals surface area contributed by atoms with Gasteiger partial charge in [-0.2, -0.15) is 0 Å². The Bertz CT molecular complexity index is 481. The Hall–Kier alpha value is 0.140. The Morgan fingerprint density at radius 3 is 2.58 bits per heavy atom. The van der Waals surface area contributed by atoms with Crippen LogP contribution in [0, 0.1) is 36.5 Å². The van der Waals surface area contributed by atoms with Crippen LogP contribution in [0.3, 0.4) is 0 Å². The van der Waals surface area contributed by atoms with Crippen LogP contribution in [-0.4, -0.2) is 6.54 Å². The van der Waals surface area contributed by atoms with Gasteiger partial charge in [-0.3, -0.25) is 0 Å². The maximum atomic E-state index is 3.80. The monoisotopic (exact) mass is 339 g/mol. The highest BCUT2D eigenvalue weighted by molar-refractivity contribution is 9.11. The quantitative estimate of drug-likeness (QED) is 0.833. The molecule has 5 atom stereocenters.